The molecule has 0 saturated heterocycles. The molecule has 1 aromatic heterocycles. The molecule has 0 aliphatic heterocycles. The number of benzene rings is 2. The highest BCUT2D eigenvalue weighted by Gasteiger charge is 2.20. The Labute approximate surface area is 175 Å². The zero-order valence-corrected chi connectivity index (χ0v) is 17.5. The number of H-pyrrole nitrogens is 1. The lowest BCUT2D eigenvalue weighted by Crippen LogP contribution is -2.29. The van der Waals surface area contributed by atoms with Gasteiger partial charge in [0.25, 0.3) is 10.0 Å². The van der Waals surface area contributed by atoms with Crippen LogP contribution in [0.4, 0.5) is 5.69 Å². The van der Waals surface area contributed by atoms with E-state index in [2.05, 4.69) is 9.71 Å². The summed E-state index contributed by atoms with van der Waals surface area (Å²) < 4.78 is 53.6. The van der Waals surface area contributed by atoms with Crippen LogP contribution in [-0.4, -0.2) is 39.4 Å². The van der Waals surface area contributed by atoms with Gasteiger partial charge in [-0.2, -0.15) is 4.72 Å². The number of sulfonamides is 2. The molecule has 0 bridgehead atoms. The van der Waals surface area contributed by atoms with Crippen LogP contribution in [0.2, 0.25) is 10.0 Å². The van der Waals surface area contributed by atoms with E-state index in [9.17, 15) is 21.6 Å². The van der Waals surface area contributed by atoms with Crippen molar-refractivity contribution in [2.45, 2.75) is 9.79 Å². The number of halogens is 2. The SMILES string of the molecule is O=C(O)CNS(=O)(=O)c1ccc(S(=O)(=O)Nc2ccc(Cl)c3c(Cl)c[nH]c23)cc1. The Morgan fingerprint density at radius 2 is 1.52 bits per heavy atom. The maximum atomic E-state index is 12.7. The third-order valence-corrected chi connectivity index (χ3v) is 7.25. The van der Waals surface area contributed by atoms with Crippen molar-refractivity contribution < 1.29 is 26.7 Å². The Kier molecular flexibility index (Phi) is 5.79. The van der Waals surface area contributed by atoms with E-state index in [0.29, 0.717) is 20.9 Å². The molecule has 9 nitrogen and oxygen atoms in total. The summed E-state index contributed by atoms with van der Waals surface area (Å²) in [6.45, 7) is -0.796. The number of aliphatic carboxylic acids is 1. The van der Waals surface area contributed by atoms with E-state index in [1.54, 1.807) is 0 Å². The lowest BCUT2D eigenvalue weighted by atomic mass is 10.2. The van der Waals surface area contributed by atoms with Gasteiger partial charge in [0.15, 0.2) is 0 Å². The lowest BCUT2D eigenvalue weighted by Gasteiger charge is -2.11. The average molecular weight is 478 g/mol. The smallest absolute Gasteiger partial charge is 0.318 e. The molecule has 0 aliphatic carbocycles. The molecule has 0 spiro atoms. The van der Waals surface area contributed by atoms with Crippen LogP contribution in [-0.2, 0) is 24.8 Å². The van der Waals surface area contributed by atoms with E-state index in [-0.39, 0.29) is 15.5 Å². The first-order chi connectivity index (χ1) is 13.5. The summed E-state index contributed by atoms with van der Waals surface area (Å²) in [5.74, 6) is -1.35. The van der Waals surface area contributed by atoms with Crippen molar-refractivity contribution in [1.82, 2.24) is 9.71 Å². The number of anilines is 1. The van der Waals surface area contributed by atoms with Crippen molar-refractivity contribution >= 4 is 65.8 Å². The number of carboxylic acids is 1. The third kappa shape index (κ3) is 4.49. The van der Waals surface area contributed by atoms with E-state index in [0.717, 1.165) is 24.3 Å². The van der Waals surface area contributed by atoms with Crippen LogP contribution in [0, 0.1) is 0 Å². The summed E-state index contributed by atoms with van der Waals surface area (Å²) in [6.07, 6.45) is 1.47. The molecule has 0 radical (unpaired) electrons. The Morgan fingerprint density at radius 3 is 2.10 bits per heavy atom. The summed E-state index contributed by atoms with van der Waals surface area (Å²) >= 11 is 12.1. The Bertz CT molecular complexity index is 1300. The first kappa shape index (κ1) is 21.4. The van der Waals surface area contributed by atoms with Crippen molar-refractivity contribution in [2.24, 2.45) is 0 Å². The van der Waals surface area contributed by atoms with Crippen LogP contribution in [0.25, 0.3) is 10.9 Å². The molecule has 3 aromatic rings. The fourth-order valence-corrected chi connectivity index (χ4v) is 5.10. The number of hydrogen-bond acceptors (Lipinski definition) is 5. The average Bonchev–Trinajstić information content (AvgIpc) is 3.05. The molecular formula is C16H13Cl2N3O6S2. The normalized spacial score (nSPS) is 12.2. The van der Waals surface area contributed by atoms with Crippen LogP contribution in [0.1, 0.15) is 0 Å². The highest BCUT2D eigenvalue weighted by atomic mass is 35.5. The largest absolute Gasteiger partial charge is 0.480 e. The predicted molar refractivity (Wildman–Crippen MR) is 108 cm³/mol. The summed E-state index contributed by atoms with van der Waals surface area (Å²) in [6, 6.07) is 7.25. The molecule has 29 heavy (non-hydrogen) atoms. The monoisotopic (exact) mass is 477 g/mol. The van der Waals surface area contributed by atoms with Crippen LogP contribution < -0.4 is 9.44 Å². The Morgan fingerprint density at radius 1 is 0.931 bits per heavy atom. The lowest BCUT2D eigenvalue weighted by molar-refractivity contribution is -0.135. The van der Waals surface area contributed by atoms with Crippen molar-refractivity contribution in [3.05, 3.63) is 52.6 Å². The zero-order chi connectivity index (χ0) is 21.4. The van der Waals surface area contributed by atoms with Crippen molar-refractivity contribution in [3.63, 3.8) is 0 Å². The molecule has 154 valence electrons. The first-order valence-electron chi connectivity index (χ1n) is 7.81. The van der Waals surface area contributed by atoms with Gasteiger partial charge in [0, 0.05) is 11.6 Å². The van der Waals surface area contributed by atoms with E-state index < -0.39 is 32.6 Å². The predicted octanol–water partition coefficient (Wildman–Crippen LogP) is 2.64. The second kappa shape index (κ2) is 7.84. The molecule has 1 heterocycles. The second-order valence-corrected chi connectivity index (χ2v) is 10.0. The van der Waals surface area contributed by atoms with Gasteiger partial charge >= 0.3 is 5.97 Å². The van der Waals surface area contributed by atoms with Crippen molar-refractivity contribution in [3.8, 4) is 0 Å². The number of fused-ring (bicyclic) bond motifs is 1. The van der Waals surface area contributed by atoms with E-state index >= 15 is 0 Å². The molecule has 0 aliphatic rings. The Hall–Kier alpha value is -2.31. The number of carboxylic acid groups (broad SMARTS) is 1. The number of rotatable bonds is 7. The van der Waals surface area contributed by atoms with Crippen LogP contribution in [0.5, 0.6) is 0 Å². The van der Waals surface area contributed by atoms with Gasteiger partial charge in [0.2, 0.25) is 10.0 Å². The second-order valence-electron chi connectivity index (χ2n) is 5.78. The van der Waals surface area contributed by atoms with Gasteiger partial charge < -0.3 is 10.1 Å². The van der Waals surface area contributed by atoms with Crippen molar-refractivity contribution in [1.29, 1.82) is 0 Å². The molecule has 0 amide bonds. The Balaban J connectivity index is 1.89. The molecule has 0 saturated carbocycles. The minimum absolute atomic E-state index is 0.199. The molecular weight excluding hydrogens is 465 g/mol. The van der Waals surface area contributed by atoms with E-state index in [4.69, 9.17) is 28.3 Å². The maximum Gasteiger partial charge on any atom is 0.318 e. The van der Waals surface area contributed by atoms with Gasteiger partial charge in [-0.1, -0.05) is 23.2 Å². The zero-order valence-electron chi connectivity index (χ0n) is 14.3. The summed E-state index contributed by atoms with van der Waals surface area (Å²) in [5.41, 5.74) is 0.597. The molecule has 3 rings (SSSR count). The number of carbonyl (C=O) groups is 1. The van der Waals surface area contributed by atoms with Crippen LogP contribution in [0.15, 0.2) is 52.4 Å². The number of hydrogen-bond donors (Lipinski definition) is 4. The highest BCUT2D eigenvalue weighted by molar-refractivity contribution is 7.92. The molecule has 4 N–H and O–H groups in total. The summed E-state index contributed by atoms with van der Waals surface area (Å²) in [5, 5.41) is 9.71. The van der Waals surface area contributed by atoms with Crippen molar-refractivity contribution in [2.75, 3.05) is 11.3 Å². The quantitative estimate of drug-likeness (QED) is 0.411. The molecule has 0 atom stereocenters. The molecule has 2 aromatic carbocycles. The summed E-state index contributed by atoms with van der Waals surface area (Å²) in [4.78, 5) is 12.9. The first-order valence-corrected chi connectivity index (χ1v) is 11.5. The van der Waals surface area contributed by atoms with Crippen LogP contribution >= 0.6 is 23.2 Å². The van der Waals surface area contributed by atoms with E-state index in [1.807, 2.05) is 4.72 Å². The third-order valence-electron chi connectivity index (χ3n) is 3.84. The van der Waals surface area contributed by atoms with E-state index in [1.165, 1.54) is 18.3 Å². The minimum atomic E-state index is -4.09. The van der Waals surface area contributed by atoms with Gasteiger partial charge in [0.1, 0.15) is 6.54 Å². The molecule has 0 fully saturated rings. The van der Waals surface area contributed by atoms with Gasteiger partial charge in [-0.15, -0.1) is 0 Å². The minimum Gasteiger partial charge on any atom is -0.480 e. The number of aromatic amines is 1. The van der Waals surface area contributed by atoms with Gasteiger partial charge in [0.05, 0.1) is 31.0 Å². The summed E-state index contributed by atoms with van der Waals surface area (Å²) in [7, 11) is -8.15. The maximum absolute atomic E-state index is 12.7. The standard InChI is InChI=1S/C16H13Cl2N3O6S2/c17-11-5-6-13(16-15(11)12(18)7-19-16)21-29(26,27)10-3-1-9(2-4-10)28(24,25)20-8-14(22)23/h1-7,19-21H,8H2,(H,22,23). The highest BCUT2D eigenvalue weighted by Crippen LogP contribution is 2.35. The number of aromatic nitrogens is 1. The molecule has 0 unspecified atom stereocenters. The fraction of sp³-hybridized carbons (Fsp3) is 0.0625. The van der Waals surface area contributed by atoms with Gasteiger partial charge in [-0.05, 0) is 36.4 Å². The van der Waals surface area contributed by atoms with Gasteiger partial charge in [-0.25, -0.2) is 16.8 Å². The fourth-order valence-electron chi connectivity index (χ4n) is 2.50. The van der Waals surface area contributed by atoms with Gasteiger partial charge in [-0.3, -0.25) is 9.52 Å². The number of nitrogens with one attached hydrogen (secondary N) is 3. The topological polar surface area (TPSA) is 145 Å². The van der Waals surface area contributed by atoms with Crippen LogP contribution in [0.3, 0.4) is 0 Å². The molecule has 13 heteroatoms.